The topological polar surface area (TPSA) is 195 Å². The molecule has 12 atom stereocenters. The predicted molar refractivity (Wildman–Crippen MR) is 185 cm³/mol. The third-order valence-corrected chi connectivity index (χ3v) is 11.2. The summed E-state index contributed by atoms with van der Waals surface area (Å²) in [6, 6.07) is 4.37. The van der Waals surface area contributed by atoms with Gasteiger partial charge in [0.1, 0.15) is 48.3 Å². The second-order valence-electron chi connectivity index (χ2n) is 16.2. The van der Waals surface area contributed by atoms with E-state index in [-0.39, 0.29) is 32.6 Å². The summed E-state index contributed by atoms with van der Waals surface area (Å²) < 4.78 is 28.5. The van der Waals surface area contributed by atoms with Crippen LogP contribution in [0.3, 0.4) is 0 Å². The normalized spacial score (nSPS) is 34.7. The maximum Gasteiger partial charge on any atom is 0.327 e. The maximum atomic E-state index is 14.6. The van der Waals surface area contributed by atoms with Gasteiger partial charge in [0.25, 0.3) is 0 Å². The Morgan fingerprint density at radius 3 is 2.53 bits per heavy atom. The van der Waals surface area contributed by atoms with Gasteiger partial charge in [-0.1, -0.05) is 36.4 Å². The molecule has 4 N–H and O–H groups in total. The van der Waals surface area contributed by atoms with Gasteiger partial charge in [0.15, 0.2) is 6.04 Å². The van der Waals surface area contributed by atoms with Gasteiger partial charge in [-0.25, -0.2) is 0 Å². The van der Waals surface area contributed by atoms with E-state index in [0.717, 1.165) is 30.4 Å². The molecule has 1 aromatic carbocycles. The molecule has 4 heterocycles. The fourth-order valence-electron chi connectivity index (χ4n) is 8.47. The molecular formula is C38H51N3O12. The molecule has 1 aromatic rings. The summed E-state index contributed by atoms with van der Waals surface area (Å²) in [7, 11) is 0. The van der Waals surface area contributed by atoms with Crippen molar-refractivity contribution in [2.24, 2.45) is 11.3 Å². The Kier molecular flexibility index (Phi) is 10.7. The van der Waals surface area contributed by atoms with Crippen molar-refractivity contribution in [2.45, 2.75) is 139 Å². The first-order valence-electron chi connectivity index (χ1n) is 18.7. The summed E-state index contributed by atoms with van der Waals surface area (Å²) in [5.41, 5.74) is -0.376. The lowest BCUT2D eigenvalue weighted by Gasteiger charge is -2.49. The van der Waals surface area contributed by atoms with Crippen LogP contribution in [0.1, 0.15) is 77.3 Å². The monoisotopic (exact) mass is 741 g/mol. The maximum absolute atomic E-state index is 14.6. The smallest absolute Gasteiger partial charge is 0.327 e. The molecule has 53 heavy (non-hydrogen) atoms. The molecule has 2 saturated carbocycles. The number of epoxide rings is 1. The number of carbonyl (C=O) groups is 4. The van der Waals surface area contributed by atoms with Gasteiger partial charge < -0.3 is 44.5 Å². The van der Waals surface area contributed by atoms with Gasteiger partial charge in [-0.15, -0.1) is 0 Å². The number of esters is 2. The molecule has 7 rings (SSSR count). The van der Waals surface area contributed by atoms with E-state index in [0.29, 0.717) is 18.1 Å². The van der Waals surface area contributed by atoms with Crippen LogP contribution in [0.4, 0.5) is 0 Å². The van der Waals surface area contributed by atoms with Crippen LogP contribution in [0.25, 0.3) is 6.08 Å². The van der Waals surface area contributed by atoms with Gasteiger partial charge in [-0.3, -0.25) is 24.0 Å². The summed E-state index contributed by atoms with van der Waals surface area (Å²) in [6.07, 6.45) is 4.02. The summed E-state index contributed by atoms with van der Waals surface area (Å²) in [6.45, 7) is 6.15. The van der Waals surface area contributed by atoms with E-state index in [9.17, 15) is 29.4 Å². The zero-order chi connectivity index (χ0) is 37.7. The van der Waals surface area contributed by atoms with E-state index in [1.54, 1.807) is 20.8 Å². The number of rotatable bonds is 13. The van der Waals surface area contributed by atoms with Gasteiger partial charge >= 0.3 is 11.9 Å². The molecule has 0 radical (unpaired) electrons. The Morgan fingerprint density at radius 1 is 1.08 bits per heavy atom. The zero-order valence-electron chi connectivity index (χ0n) is 30.6. The minimum Gasteiger partial charge on any atom is -0.460 e. The van der Waals surface area contributed by atoms with E-state index in [1.165, 1.54) is 12.0 Å². The van der Waals surface area contributed by atoms with Crippen LogP contribution in [-0.4, -0.2) is 119 Å². The van der Waals surface area contributed by atoms with Crippen LogP contribution in [0.2, 0.25) is 0 Å². The van der Waals surface area contributed by atoms with Crippen molar-refractivity contribution in [3.05, 3.63) is 41.5 Å². The highest BCUT2D eigenvalue weighted by atomic mass is 16.8. The number of carbonyl (C=O) groups excluding carboxylic acids is 4. The second-order valence-corrected chi connectivity index (χ2v) is 16.2. The third-order valence-electron chi connectivity index (χ3n) is 11.2. The third kappa shape index (κ3) is 7.88. The average Bonchev–Trinajstić information content (AvgIpc) is 3.54. The summed E-state index contributed by atoms with van der Waals surface area (Å²) in [5.74, 6) is -2.13. The lowest BCUT2D eigenvalue weighted by Crippen LogP contribution is -2.71. The van der Waals surface area contributed by atoms with E-state index >= 15 is 0 Å². The Balaban J connectivity index is 1.06. The Bertz CT molecular complexity index is 1580. The molecule has 0 spiro atoms. The molecule has 290 valence electrons. The number of amides is 2. The van der Waals surface area contributed by atoms with Crippen molar-refractivity contribution < 1.29 is 57.9 Å². The zero-order valence-corrected chi connectivity index (χ0v) is 30.6. The number of hydrogen-bond donors (Lipinski definition) is 4. The van der Waals surface area contributed by atoms with Gasteiger partial charge in [-0.05, 0) is 70.4 Å². The van der Waals surface area contributed by atoms with Crippen LogP contribution >= 0.6 is 0 Å². The number of allylic oxidation sites excluding steroid dienone is 1. The number of hydrogen-bond acceptors (Lipinski definition) is 13. The SMILES string of the molecule is CC(O)C(NC(=O)C12CC3OC(=O)C1N(Cc1ccc(C=CC4CCC5OC5C4)cc1)OC2C1OCOC31)C(=O)NC(CO)CCC(=O)OC(C)(C)C. The number of nitrogens with one attached hydrogen (secondary N) is 2. The number of aliphatic hydroxyl groups is 2. The van der Waals surface area contributed by atoms with Crippen LogP contribution < -0.4 is 10.6 Å². The molecule has 12 unspecified atom stereocenters. The first-order valence-corrected chi connectivity index (χ1v) is 18.7. The van der Waals surface area contributed by atoms with Crippen molar-refractivity contribution in [3.63, 3.8) is 0 Å². The molecule has 4 saturated heterocycles. The molecule has 2 bridgehead atoms. The number of aliphatic hydroxyl groups excluding tert-OH is 2. The van der Waals surface area contributed by atoms with Crippen LogP contribution in [0.5, 0.6) is 0 Å². The molecule has 6 aliphatic rings. The fourth-order valence-corrected chi connectivity index (χ4v) is 8.47. The van der Waals surface area contributed by atoms with Gasteiger partial charge in [0.05, 0.1) is 37.5 Å². The van der Waals surface area contributed by atoms with E-state index in [1.807, 2.05) is 24.3 Å². The number of benzene rings is 1. The van der Waals surface area contributed by atoms with Crippen molar-refractivity contribution in [3.8, 4) is 0 Å². The van der Waals surface area contributed by atoms with Crippen molar-refractivity contribution in [1.29, 1.82) is 0 Å². The van der Waals surface area contributed by atoms with Gasteiger partial charge in [-0.2, -0.15) is 5.06 Å². The minimum absolute atomic E-state index is 0.0434. The molecule has 2 aliphatic carbocycles. The van der Waals surface area contributed by atoms with Crippen LogP contribution in [0, 0.1) is 11.3 Å². The number of ether oxygens (including phenoxy) is 5. The molecular weight excluding hydrogens is 690 g/mol. The van der Waals surface area contributed by atoms with E-state index < -0.39 is 90.0 Å². The van der Waals surface area contributed by atoms with Crippen LogP contribution in [-0.2, 0) is 54.2 Å². The first-order chi connectivity index (χ1) is 25.3. The Labute approximate surface area is 308 Å². The van der Waals surface area contributed by atoms with Crippen molar-refractivity contribution in [2.75, 3.05) is 13.4 Å². The number of fused-ring (bicyclic) bond motifs is 5. The fraction of sp³-hybridized carbons (Fsp3) is 0.684. The highest BCUT2D eigenvalue weighted by Gasteiger charge is 2.75. The van der Waals surface area contributed by atoms with E-state index in [2.05, 4.69) is 22.8 Å². The molecule has 0 aromatic heterocycles. The van der Waals surface area contributed by atoms with Crippen molar-refractivity contribution >= 4 is 29.8 Å². The molecule has 2 amide bonds. The second kappa shape index (κ2) is 15.0. The molecule has 4 aliphatic heterocycles. The number of hydroxylamine groups is 2. The largest absolute Gasteiger partial charge is 0.460 e. The Morgan fingerprint density at radius 2 is 1.83 bits per heavy atom. The summed E-state index contributed by atoms with van der Waals surface area (Å²) in [5, 5.41) is 27.5. The standard InChI is InChI=1S/C38H51N3O12/c1-20(43)29(34(45)39-24(18-42)12-14-28(44)52-37(2,3)4)40-36(47)38-16-27-30-31(49-19-48-30)33(38)53-41(32(38)35(46)51-27)17-23-9-6-21(7-10-23)5-8-22-11-13-25-26(15-22)50-25/h5-10,20,22,24-27,29-33,42-43H,11-19H2,1-4H3,(H,39,45)(H,40,47). The van der Waals surface area contributed by atoms with Crippen molar-refractivity contribution in [1.82, 2.24) is 15.7 Å². The molecule has 15 heteroatoms. The highest BCUT2D eigenvalue weighted by Crippen LogP contribution is 2.55. The highest BCUT2D eigenvalue weighted by molar-refractivity contribution is 5.96. The average molecular weight is 742 g/mol. The quantitative estimate of drug-likeness (QED) is 0.167. The van der Waals surface area contributed by atoms with E-state index in [4.69, 9.17) is 28.5 Å². The lowest BCUT2D eigenvalue weighted by atomic mass is 9.62. The lowest BCUT2D eigenvalue weighted by molar-refractivity contribution is -0.201. The minimum atomic E-state index is -1.55. The first kappa shape index (κ1) is 37.9. The molecule has 6 fully saturated rings. The summed E-state index contributed by atoms with van der Waals surface area (Å²) >= 11 is 0. The van der Waals surface area contributed by atoms with Crippen LogP contribution in [0.15, 0.2) is 30.3 Å². The van der Waals surface area contributed by atoms with Gasteiger partial charge in [0.2, 0.25) is 11.8 Å². The Hall–Kier alpha value is -3.44. The predicted octanol–water partition coefficient (Wildman–Crippen LogP) is 1.27. The summed E-state index contributed by atoms with van der Waals surface area (Å²) in [4.78, 5) is 60.6. The number of nitrogens with zero attached hydrogens (tertiary/aromatic N) is 1. The molecule has 15 nitrogen and oxygen atoms in total. The van der Waals surface area contributed by atoms with Gasteiger partial charge in [0, 0.05) is 12.8 Å².